The predicted molar refractivity (Wildman–Crippen MR) is 122 cm³/mol. The van der Waals surface area contributed by atoms with Gasteiger partial charge in [0.05, 0.1) is 5.75 Å². The minimum atomic E-state index is -2.91. The van der Waals surface area contributed by atoms with Crippen molar-refractivity contribution in [3.8, 4) is 17.1 Å². The van der Waals surface area contributed by atoms with E-state index < -0.39 is 17.9 Å². The van der Waals surface area contributed by atoms with Gasteiger partial charge in [0.2, 0.25) is 5.16 Å². The van der Waals surface area contributed by atoms with Crippen LogP contribution < -0.4 is 21.8 Å². The summed E-state index contributed by atoms with van der Waals surface area (Å²) in [6.07, 6.45) is 1.66. The summed E-state index contributed by atoms with van der Waals surface area (Å²) in [5.41, 5.74) is 0.230. The number of aromatic amines is 1. The predicted octanol–water partition coefficient (Wildman–Crippen LogP) is 2.09. The molecule has 0 saturated carbocycles. The molecule has 0 bridgehead atoms. The average Bonchev–Trinajstić information content (AvgIpc) is 3.32. The highest BCUT2D eigenvalue weighted by atomic mass is 32.2. The van der Waals surface area contributed by atoms with Crippen LogP contribution in [0.1, 0.15) is 25.6 Å². The van der Waals surface area contributed by atoms with Crippen LogP contribution in [-0.4, -0.2) is 40.6 Å². The quantitative estimate of drug-likeness (QED) is 0.268. The number of H-pyrrole nitrogens is 1. The Bertz CT molecular complexity index is 1420. The first-order valence-electron chi connectivity index (χ1n) is 10.4. The fourth-order valence-electron chi connectivity index (χ4n) is 3.43. The van der Waals surface area contributed by atoms with Crippen LogP contribution >= 0.6 is 11.8 Å². The van der Waals surface area contributed by atoms with E-state index in [0.717, 1.165) is 12.8 Å². The summed E-state index contributed by atoms with van der Waals surface area (Å²) in [5, 5.41) is 8.55. The van der Waals surface area contributed by atoms with Crippen molar-refractivity contribution in [2.24, 2.45) is 7.05 Å². The normalized spacial score (nSPS) is 11.6. The molecule has 34 heavy (non-hydrogen) atoms. The van der Waals surface area contributed by atoms with Gasteiger partial charge in [-0.05, 0) is 30.7 Å². The van der Waals surface area contributed by atoms with E-state index in [1.54, 1.807) is 23.7 Å². The number of nitrogen functional groups attached to an aromatic ring is 1. The van der Waals surface area contributed by atoms with Crippen LogP contribution in [0.3, 0.4) is 0 Å². The summed E-state index contributed by atoms with van der Waals surface area (Å²) in [6, 6.07) is 5.87. The molecule has 0 aliphatic rings. The van der Waals surface area contributed by atoms with Crippen molar-refractivity contribution >= 4 is 22.9 Å². The van der Waals surface area contributed by atoms with Gasteiger partial charge in [-0.15, -0.1) is 10.2 Å². The van der Waals surface area contributed by atoms with Crippen LogP contribution in [0.2, 0.25) is 0 Å². The number of ether oxygens (including phenoxy) is 1. The molecule has 4 rings (SSSR count). The van der Waals surface area contributed by atoms with Crippen LogP contribution in [0.5, 0.6) is 5.75 Å². The lowest BCUT2D eigenvalue weighted by molar-refractivity contribution is -0.0498. The van der Waals surface area contributed by atoms with E-state index >= 15 is 0 Å². The molecular weight excluding hydrogens is 470 g/mol. The zero-order valence-corrected chi connectivity index (χ0v) is 19.2. The summed E-state index contributed by atoms with van der Waals surface area (Å²) in [5.74, 6) is 7.36. The second kappa shape index (κ2) is 9.67. The number of hydrogen-bond acceptors (Lipinski definition) is 8. The fourth-order valence-corrected chi connectivity index (χ4v) is 4.27. The molecule has 11 nitrogen and oxygen atoms in total. The molecule has 0 spiro atoms. The van der Waals surface area contributed by atoms with Gasteiger partial charge in [0.25, 0.3) is 5.56 Å². The van der Waals surface area contributed by atoms with Crippen molar-refractivity contribution < 1.29 is 13.5 Å². The van der Waals surface area contributed by atoms with Gasteiger partial charge in [0.1, 0.15) is 11.6 Å². The molecule has 3 heterocycles. The Balaban J connectivity index is 1.57. The van der Waals surface area contributed by atoms with Gasteiger partial charge in [-0.3, -0.25) is 14.3 Å². The van der Waals surface area contributed by atoms with E-state index in [4.69, 9.17) is 5.84 Å². The average molecular weight is 493 g/mol. The van der Waals surface area contributed by atoms with Crippen molar-refractivity contribution in [1.82, 2.24) is 34.0 Å². The maximum Gasteiger partial charge on any atom is 0.387 e. The lowest BCUT2D eigenvalue weighted by Crippen LogP contribution is -2.31. The maximum atomic E-state index is 12.4. The lowest BCUT2D eigenvalue weighted by atomic mass is 10.2. The number of benzene rings is 1. The monoisotopic (exact) mass is 492 g/mol. The Morgan fingerprint density at radius 2 is 1.94 bits per heavy atom. The molecule has 180 valence electrons. The number of imidazole rings is 1. The van der Waals surface area contributed by atoms with Crippen LogP contribution in [-0.2, 0) is 19.3 Å². The third-order valence-electron chi connectivity index (χ3n) is 5.17. The highest BCUT2D eigenvalue weighted by Crippen LogP contribution is 2.26. The molecule has 1 aromatic carbocycles. The number of nitrogens with two attached hydrogens (primary N) is 1. The number of unbranched alkanes of at least 4 members (excludes halogenated alkanes) is 1. The van der Waals surface area contributed by atoms with E-state index in [2.05, 4.69) is 24.9 Å². The molecule has 0 fully saturated rings. The number of halogens is 2. The van der Waals surface area contributed by atoms with Crippen molar-refractivity contribution in [3.63, 3.8) is 0 Å². The van der Waals surface area contributed by atoms with Gasteiger partial charge in [0.15, 0.2) is 17.0 Å². The number of nitrogens with zero attached hydrogens (tertiary/aromatic N) is 6. The third kappa shape index (κ3) is 4.53. The number of thioether (sulfide) groups is 1. The van der Waals surface area contributed by atoms with E-state index in [1.165, 1.54) is 33.1 Å². The number of rotatable bonds is 9. The summed E-state index contributed by atoms with van der Waals surface area (Å²) in [4.78, 5) is 31.6. The Morgan fingerprint density at radius 3 is 2.62 bits per heavy atom. The number of aryl methyl sites for hydroxylation is 2. The zero-order chi connectivity index (χ0) is 24.4. The van der Waals surface area contributed by atoms with E-state index in [1.807, 2.05) is 6.92 Å². The summed E-state index contributed by atoms with van der Waals surface area (Å²) < 4.78 is 33.4. The van der Waals surface area contributed by atoms with Crippen LogP contribution in [0.4, 0.5) is 8.78 Å². The highest BCUT2D eigenvalue weighted by Gasteiger charge is 2.18. The first-order chi connectivity index (χ1) is 16.3. The fraction of sp³-hybridized carbons (Fsp3) is 0.350. The minimum Gasteiger partial charge on any atom is -0.435 e. The van der Waals surface area contributed by atoms with Crippen LogP contribution in [0.25, 0.3) is 22.6 Å². The lowest BCUT2D eigenvalue weighted by Gasteiger charge is -2.06. The van der Waals surface area contributed by atoms with Crippen molar-refractivity contribution in [3.05, 3.63) is 50.9 Å². The zero-order valence-electron chi connectivity index (χ0n) is 18.4. The maximum absolute atomic E-state index is 12.4. The Labute approximate surface area is 195 Å². The van der Waals surface area contributed by atoms with Crippen molar-refractivity contribution in [2.75, 3.05) is 5.84 Å². The van der Waals surface area contributed by atoms with Gasteiger partial charge in [-0.1, -0.05) is 25.1 Å². The Kier molecular flexibility index (Phi) is 6.68. The van der Waals surface area contributed by atoms with Gasteiger partial charge in [-0.25, -0.2) is 14.5 Å². The number of aromatic nitrogens is 7. The first kappa shape index (κ1) is 23.5. The standard InChI is InChI=1S/C20H22F2N8O3S/c1-3-4-9-29-16-14(17(31)25-19(29)32)28(2)13(24-16)10-34-20-27-26-15(30(20)23)11-5-7-12(8-6-11)33-18(21)22/h5-8,18H,3-4,9-10,23H2,1-2H3,(H,25,31,32). The SMILES string of the molecule is CCCCn1c(=O)[nH]c(=O)c2c1nc(CSc1nnc(-c3ccc(OC(F)F)cc3)n1N)n2C. The highest BCUT2D eigenvalue weighted by molar-refractivity contribution is 7.98. The van der Waals surface area contributed by atoms with E-state index in [-0.39, 0.29) is 5.75 Å². The molecule has 0 aliphatic carbocycles. The number of alkyl halides is 2. The summed E-state index contributed by atoms with van der Waals surface area (Å²) in [7, 11) is 1.71. The van der Waals surface area contributed by atoms with E-state index in [0.29, 0.717) is 45.8 Å². The number of nitrogens with one attached hydrogen (secondary N) is 1. The Morgan fingerprint density at radius 1 is 1.21 bits per heavy atom. The molecule has 0 unspecified atom stereocenters. The molecule has 3 aromatic heterocycles. The third-order valence-corrected chi connectivity index (χ3v) is 6.11. The molecule has 0 atom stereocenters. The van der Waals surface area contributed by atoms with Crippen molar-refractivity contribution in [1.29, 1.82) is 0 Å². The Hall–Kier alpha value is -3.68. The largest absolute Gasteiger partial charge is 0.435 e. The van der Waals surface area contributed by atoms with Crippen molar-refractivity contribution in [2.45, 2.75) is 43.8 Å². The minimum absolute atomic E-state index is 0.0192. The molecule has 0 aliphatic heterocycles. The first-order valence-corrected chi connectivity index (χ1v) is 11.4. The van der Waals surface area contributed by atoms with Gasteiger partial charge < -0.3 is 15.1 Å². The summed E-state index contributed by atoms with van der Waals surface area (Å²) in [6.45, 7) is -0.447. The van der Waals surface area contributed by atoms with Crippen LogP contribution in [0.15, 0.2) is 39.0 Å². The molecule has 4 aromatic rings. The van der Waals surface area contributed by atoms with Gasteiger partial charge in [0, 0.05) is 19.2 Å². The van der Waals surface area contributed by atoms with Gasteiger partial charge >= 0.3 is 12.3 Å². The molecule has 14 heteroatoms. The smallest absolute Gasteiger partial charge is 0.387 e. The van der Waals surface area contributed by atoms with Crippen LogP contribution in [0, 0.1) is 0 Å². The molecule has 0 saturated heterocycles. The number of hydrogen-bond donors (Lipinski definition) is 2. The molecule has 0 amide bonds. The van der Waals surface area contributed by atoms with Gasteiger partial charge in [-0.2, -0.15) is 8.78 Å². The number of fused-ring (bicyclic) bond motifs is 1. The summed E-state index contributed by atoms with van der Waals surface area (Å²) >= 11 is 1.25. The second-order valence-corrected chi connectivity index (χ2v) is 8.33. The second-order valence-electron chi connectivity index (χ2n) is 7.39. The molecular formula is C20H22F2N8O3S. The molecule has 3 N–H and O–H groups in total. The topological polar surface area (TPSA) is 139 Å². The molecule has 0 radical (unpaired) electrons. The van der Waals surface area contributed by atoms with E-state index in [9.17, 15) is 18.4 Å².